The average molecular weight is 486 g/mol. The van der Waals surface area contributed by atoms with E-state index in [2.05, 4.69) is 0 Å². The molecule has 1 unspecified atom stereocenters. The van der Waals surface area contributed by atoms with Crippen LogP contribution in [0.4, 0.5) is 0 Å². The number of carbonyl (C=O) groups excluding carboxylic acids is 3. The number of imide groups is 1. The summed E-state index contributed by atoms with van der Waals surface area (Å²) in [5.74, 6) is -2.54. The quantitative estimate of drug-likeness (QED) is 0.390. The largest absolute Gasteiger partial charge is 0.494 e. The van der Waals surface area contributed by atoms with E-state index >= 15 is 0 Å². The highest BCUT2D eigenvalue weighted by molar-refractivity contribution is 6.22. The Morgan fingerprint density at radius 2 is 1.47 bits per heavy atom. The maximum Gasteiger partial charge on any atom is 0.307 e. The van der Waals surface area contributed by atoms with Crippen LogP contribution in [0.25, 0.3) is 11.1 Å². The van der Waals surface area contributed by atoms with Gasteiger partial charge in [-0.05, 0) is 43.0 Å². The molecule has 184 valence electrons. The topological polar surface area (TPSA) is 101 Å². The lowest BCUT2D eigenvalue weighted by atomic mass is 9.94. The van der Waals surface area contributed by atoms with Crippen LogP contribution in [0.5, 0.6) is 5.75 Å². The molecule has 4 rings (SSSR count). The van der Waals surface area contributed by atoms with E-state index in [0.29, 0.717) is 29.7 Å². The molecule has 1 heterocycles. The predicted octanol–water partition coefficient (Wildman–Crippen LogP) is 4.60. The lowest BCUT2D eigenvalue weighted by molar-refractivity contribution is -0.144. The molecule has 2 aliphatic rings. The van der Waals surface area contributed by atoms with Crippen LogP contribution in [-0.2, 0) is 14.4 Å². The second-order valence-corrected chi connectivity index (χ2v) is 8.62. The van der Waals surface area contributed by atoms with Gasteiger partial charge in [0.1, 0.15) is 5.75 Å². The first kappa shape index (κ1) is 24.9. The SMILES string of the molecule is CCOc1ccc(-c2ccc(C(=O)CC(CCN3C(=O)C4=C(C=CCC=C4)C3=O)C(=O)O)cc2)cc1. The van der Waals surface area contributed by atoms with Crippen molar-refractivity contribution < 1.29 is 29.0 Å². The Kier molecular flexibility index (Phi) is 7.59. The van der Waals surface area contributed by atoms with Crippen molar-refractivity contribution >= 4 is 23.6 Å². The molecular weight excluding hydrogens is 458 g/mol. The number of rotatable bonds is 10. The Labute approximate surface area is 209 Å². The van der Waals surface area contributed by atoms with E-state index in [1.807, 2.05) is 43.3 Å². The number of hydrogen-bond donors (Lipinski definition) is 1. The minimum absolute atomic E-state index is 0.00317. The van der Waals surface area contributed by atoms with Gasteiger partial charge in [-0.25, -0.2) is 0 Å². The standard InChI is InChI=1S/C29H27NO6/c1-2-36-23-14-12-20(13-15-23)19-8-10-21(11-9-19)26(31)18-22(29(34)35)16-17-30-27(32)24-6-4-3-5-7-25(24)28(30)33/h4-15,22H,2-3,16-18H2,1H3,(H,34,35). The number of nitrogens with zero attached hydrogens (tertiary/aromatic N) is 1. The van der Waals surface area contributed by atoms with Crippen LogP contribution in [0.1, 0.15) is 36.5 Å². The molecule has 0 spiro atoms. The van der Waals surface area contributed by atoms with Crippen LogP contribution in [0.2, 0.25) is 0 Å². The van der Waals surface area contributed by atoms with Gasteiger partial charge in [-0.1, -0.05) is 60.7 Å². The van der Waals surface area contributed by atoms with E-state index in [1.165, 1.54) is 0 Å². The van der Waals surface area contributed by atoms with Crippen LogP contribution in [-0.4, -0.2) is 46.7 Å². The smallest absolute Gasteiger partial charge is 0.307 e. The number of hydrogen-bond acceptors (Lipinski definition) is 5. The molecule has 7 nitrogen and oxygen atoms in total. The van der Waals surface area contributed by atoms with E-state index < -0.39 is 23.7 Å². The summed E-state index contributed by atoms with van der Waals surface area (Å²) in [7, 11) is 0. The van der Waals surface area contributed by atoms with Gasteiger partial charge in [0.15, 0.2) is 5.78 Å². The number of carboxylic acids is 1. The van der Waals surface area contributed by atoms with Crippen molar-refractivity contribution in [2.45, 2.75) is 26.2 Å². The number of amides is 2. The third-order valence-corrected chi connectivity index (χ3v) is 6.27. The van der Waals surface area contributed by atoms with Crippen LogP contribution in [0, 0.1) is 5.92 Å². The molecule has 7 heteroatoms. The van der Waals surface area contributed by atoms with Gasteiger partial charge in [0.2, 0.25) is 0 Å². The fourth-order valence-electron chi connectivity index (χ4n) is 4.29. The van der Waals surface area contributed by atoms with Crippen molar-refractivity contribution in [3.63, 3.8) is 0 Å². The number of Topliss-reactive ketones (excluding diaryl/α,β-unsaturated/α-hetero) is 1. The highest BCUT2D eigenvalue weighted by atomic mass is 16.5. The van der Waals surface area contributed by atoms with Crippen molar-refractivity contribution in [2.75, 3.05) is 13.2 Å². The predicted molar refractivity (Wildman–Crippen MR) is 134 cm³/mol. The van der Waals surface area contributed by atoms with E-state index in [1.54, 1.807) is 36.4 Å². The molecular formula is C29H27NO6. The zero-order valence-corrected chi connectivity index (χ0v) is 20.0. The summed E-state index contributed by atoms with van der Waals surface area (Å²) in [6.07, 6.45) is 7.27. The monoisotopic (exact) mass is 485 g/mol. The molecule has 1 atom stereocenters. The summed E-state index contributed by atoms with van der Waals surface area (Å²) in [5, 5.41) is 9.69. The number of benzene rings is 2. The van der Waals surface area contributed by atoms with Gasteiger partial charge in [0.25, 0.3) is 11.8 Å². The molecule has 1 aliphatic carbocycles. The number of allylic oxidation sites excluding steroid dienone is 2. The van der Waals surface area contributed by atoms with Crippen LogP contribution in [0.15, 0.2) is 84.0 Å². The molecule has 0 radical (unpaired) electrons. The first-order valence-electron chi connectivity index (χ1n) is 11.9. The van der Waals surface area contributed by atoms with Crippen molar-refractivity contribution in [1.29, 1.82) is 0 Å². The maximum absolute atomic E-state index is 12.8. The highest BCUT2D eigenvalue weighted by Gasteiger charge is 2.36. The summed E-state index contributed by atoms with van der Waals surface area (Å²) in [6.45, 7) is 2.45. The average Bonchev–Trinajstić information content (AvgIpc) is 3.04. The molecule has 2 aromatic carbocycles. The summed E-state index contributed by atoms with van der Waals surface area (Å²) >= 11 is 0. The van der Waals surface area contributed by atoms with Crippen molar-refractivity contribution in [3.05, 3.63) is 89.5 Å². The van der Waals surface area contributed by atoms with Crippen molar-refractivity contribution in [1.82, 2.24) is 4.90 Å². The normalized spacial score (nSPS) is 15.6. The zero-order valence-electron chi connectivity index (χ0n) is 20.0. The molecule has 0 saturated heterocycles. The van der Waals surface area contributed by atoms with E-state index in [4.69, 9.17) is 4.74 Å². The van der Waals surface area contributed by atoms with Gasteiger partial charge in [-0.3, -0.25) is 24.1 Å². The zero-order chi connectivity index (χ0) is 25.7. The van der Waals surface area contributed by atoms with Crippen molar-refractivity contribution in [2.24, 2.45) is 5.92 Å². The second kappa shape index (κ2) is 11.0. The lowest BCUT2D eigenvalue weighted by Crippen LogP contribution is -2.34. The van der Waals surface area contributed by atoms with Crippen LogP contribution < -0.4 is 4.74 Å². The highest BCUT2D eigenvalue weighted by Crippen LogP contribution is 2.27. The Morgan fingerprint density at radius 3 is 2.00 bits per heavy atom. The minimum atomic E-state index is -1.14. The Hall–Kier alpha value is -4.26. The van der Waals surface area contributed by atoms with Crippen molar-refractivity contribution in [3.8, 4) is 16.9 Å². The van der Waals surface area contributed by atoms with Gasteiger partial charge < -0.3 is 9.84 Å². The van der Waals surface area contributed by atoms with Gasteiger partial charge in [-0.15, -0.1) is 0 Å². The Bertz CT molecular complexity index is 1230. The number of aliphatic carboxylic acids is 1. The van der Waals surface area contributed by atoms with E-state index in [0.717, 1.165) is 21.8 Å². The second-order valence-electron chi connectivity index (χ2n) is 8.62. The van der Waals surface area contributed by atoms with E-state index in [9.17, 15) is 24.3 Å². The fourth-order valence-corrected chi connectivity index (χ4v) is 4.29. The van der Waals surface area contributed by atoms with E-state index in [-0.39, 0.29) is 25.2 Å². The molecule has 1 aliphatic heterocycles. The number of ketones is 1. The molecule has 0 fully saturated rings. The Balaban J connectivity index is 1.38. The lowest BCUT2D eigenvalue weighted by Gasteiger charge is -2.18. The summed E-state index contributed by atoms with van der Waals surface area (Å²) in [4.78, 5) is 51.1. The third kappa shape index (κ3) is 5.35. The molecule has 2 aromatic rings. The van der Waals surface area contributed by atoms with Gasteiger partial charge in [0, 0.05) is 18.5 Å². The van der Waals surface area contributed by atoms with Crippen LogP contribution in [0.3, 0.4) is 0 Å². The number of carboxylic acid groups (broad SMARTS) is 1. The molecule has 0 saturated carbocycles. The summed E-state index contributed by atoms with van der Waals surface area (Å²) in [6, 6.07) is 14.6. The maximum atomic E-state index is 12.8. The molecule has 1 N–H and O–H groups in total. The first-order valence-corrected chi connectivity index (χ1v) is 11.9. The first-order chi connectivity index (χ1) is 17.4. The molecule has 0 bridgehead atoms. The van der Waals surface area contributed by atoms with Gasteiger partial charge in [0.05, 0.1) is 23.7 Å². The number of ether oxygens (including phenoxy) is 1. The molecule has 36 heavy (non-hydrogen) atoms. The molecule has 2 amide bonds. The summed E-state index contributed by atoms with van der Waals surface area (Å²) in [5.41, 5.74) is 2.95. The minimum Gasteiger partial charge on any atom is -0.494 e. The third-order valence-electron chi connectivity index (χ3n) is 6.27. The van der Waals surface area contributed by atoms with Gasteiger partial charge >= 0.3 is 5.97 Å². The van der Waals surface area contributed by atoms with Crippen LogP contribution >= 0.6 is 0 Å². The van der Waals surface area contributed by atoms with Gasteiger partial charge in [-0.2, -0.15) is 0 Å². The molecule has 0 aromatic heterocycles. The Morgan fingerprint density at radius 1 is 0.917 bits per heavy atom. The summed E-state index contributed by atoms with van der Waals surface area (Å²) < 4.78 is 5.46. The number of carbonyl (C=O) groups is 4. The fraction of sp³-hybridized carbons (Fsp3) is 0.241.